The SMILES string of the molecule is CC(Nc1c(F)cc(F)cc1Br)c1cc(O)cc(O)c1. The molecule has 0 heterocycles. The molecule has 0 amide bonds. The highest BCUT2D eigenvalue weighted by molar-refractivity contribution is 9.10. The molecular weight excluding hydrogens is 332 g/mol. The van der Waals surface area contributed by atoms with Crippen LogP contribution in [0.2, 0.25) is 0 Å². The summed E-state index contributed by atoms with van der Waals surface area (Å²) in [5.74, 6) is -1.59. The van der Waals surface area contributed by atoms with Gasteiger partial charge < -0.3 is 15.5 Å². The standard InChI is InChI=1S/C14H12BrF2NO2/c1-7(8-2-10(19)6-11(20)3-8)18-14-12(15)4-9(16)5-13(14)17/h2-7,18-20H,1H3. The third-order valence-corrected chi connectivity index (χ3v) is 3.42. The highest BCUT2D eigenvalue weighted by Gasteiger charge is 2.14. The number of anilines is 1. The molecule has 106 valence electrons. The van der Waals surface area contributed by atoms with Crippen molar-refractivity contribution in [2.45, 2.75) is 13.0 Å². The fraction of sp³-hybridized carbons (Fsp3) is 0.143. The Morgan fingerprint density at radius 2 is 1.65 bits per heavy atom. The minimum atomic E-state index is -0.729. The molecule has 1 atom stereocenters. The lowest BCUT2D eigenvalue weighted by Gasteiger charge is -2.18. The van der Waals surface area contributed by atoms with Crippen LogP contribution in [0.3, 0.4) is 0 Å². The Balaban J connectivity index is 2.30. The summed E-state index contributed by atoms with van der Waals surface area (Å²) in [4.78, 5) is 0. The van der Waals surface area contributed by atoms with Crippen LogP contribution in [0.15, 0.2) is 34.8 Å². The average Bonchev–Trinajstić information content (AvgIpc) is 2.32. The first-order valence-electron chi connectivity index (χ1n) is 5.81. The largest absolute Gasteiger partial charge is 0.508 e. The van der Waals surface area contributed by atoms with Crippen LogP contribution in [0.1, 0.15) is 18.5 Å². The monoisotopic (exact) mass is 343 g/mol. The van der Waals surface area contributed by atoms with Gasteiger partial charge in [-0.2, -0.15) is 0 Å². The van der Waals surface area contributed by atoms with Crippen LogP contribution < -0.4 is 5.32 Å². The van der Waals surface area contributed by atoms with E-state index in [-0.39, 0.29) is 21.7 Å². The number of rotatable bonds is 3. The van der Waals surface area contributed by atoms with E-state index in [1.807, 2.05) is 0 Å². The lowest BCUT2D eigenvalue weighted by Crippen LogP contribution is -2.08. The smallest absolute Gasteiger partial charge is 0.150 e. The summed E-state index contributed by atoms with van der Waals surface area (Å²) in [6.45, 7) is 1.73. The maximum atomic E-state index is 13.7. The third kappa shape index (κ3) is 3.19. The molecule has 2 aromatic carbocycles. The highest BCUT2D eigenvalue weighted by atomic mass is 79.9. The zero-order valence-corrected chi connectivity index (χ0v) is 12.1. The van der Waals surface area contributed by atoms with Gasteiger partial charge in [0.2, 0.25) is 0 Å². The van der Waals surface area contributed by atoms with Crippen molar-refractivity contribution >= 4 is 21.6 Å². The second-order valence-corrected chi connectivity index (χ2v) is 5.25. The van der Waals surface area contributed by atoms with Crippen molar-refractivity contribution < 1.29 is 19.0 Å². The summed E-state index contributed by atoms with van der Waals surface area (Å²) in [6, 6.07) is 5.63. The average molecular weight is 344 g/mol. The van der Waals surface area contributed by atoms with E-state index in [0.29, 0.717) is 5.56 Å². The number of aromatic hydroxyl groups is 2. The maximum absolute atomic E-state index is 13.7. The molecule has 0 aliphatic carbocycles. The molecule has 0 aliphatic heterocycles. The van der Waals surface area contributed by atoms with Gasteiger partial charge in [-0.3, -0.25) is 0 Å². The first-order valence-corrected chi connectivity index (χ1v) is 6.60. The van der Waals surface area contributed by atoms with Crippen molar-refractivity contribution in [3.63, 3.8) is 0 Å². The van der Waals surface area contributed by atoms with Crippen LogP contribution in [-0.2, 0) is 0 Å². The number of phenols is 2. The quantitative estimate of drug-likeness (QED) is 0.778. The minimum Gasteiger partial charge on any atom is -0.508 e. The third-order valence-electron chi connectivity index (χ3n) is 2.79. The molecule has 0 fully saturated rings. The molecule has 0 aromatic heterocycles. The van der Waals surface area contributed by atoms with Crippen LogP contribution in [0, 0.1) is 11.6 Å². The fourth-order valence-corrected chi connectivity index (χ4v) is 2.37. The first kappa shape index (κ1) is 14.6. The van der Waals surface area contributed by atoms with Crippen LogP contribution in [0.5, 0.6) is 11.5 Å². The van der Waals surface area contributed by atoms with E-state index < -0.39 is 17.7 Å². The van der Waals surface area contributed by atoms with Crippen molar-refractivity contribution in [2.24, 2.45) is 0 Å². The molecule has 1 unspecified atom stereocenters. The second kappa shape index (κ2) is 5.66. The molecule has 0 spiro atoms. The van der Waals surface area contributed by atoms with Crippen LogP contribution in [0.25, 0.3) is 0 Å². The molecule has 3 nitrogen and oxygen atoms in total. The first-order chi connectivity index (χ1) is 9.36. The van der Waals surface area contributed by atoms with Gasteiger partial charge in [-0.25, -0.2) is 8.78 Å². The van der Waals surface area contributed by atoms with Gasteiger partial charge in [0, 0.05) is 22.6 Å². The number of halogens is 3. The highest BCUT2D eigenvalue weighted by Crippen LogP contribution is 2.32. The number of phenolic OH excluding ortho intramolecular Hbond substituents is 2. The Bertz CT molecular complexity index is 606. The van der Waals surface area contributed by atoms with Gasteiger partial charge >= 0.3 is 0 Å². The van der Waals surface area contributed by atoms with Gasteiger partial charge in [-0.1, -0.05) is 0 Å². The molecule has 6 heteroatoms. The van der Waals surface area contributed by atoms with Gasteiger partial charge in [0.1, 0.15) is 23.1 Å². The Hall–Kier alpha value is -1.82. The molecule has 0 aliphatic rings. The molecular formula is C14H12BrF2NO2. The normalized spacial score (nSPS) is 12.2. The predicted octanol–water partition coefficient (Wildman–Crippen LogP) is 4.31. The molecule has 2 aromatic rings. The van der Waals surface area contributed by atoms with Crippen molar-refractivity contribution in [2.75, 3.05) is 5.32 Å². The van der Waals surface area contributed by atoms with Crippen molar-refractivity contribution in [3.05, 3.63) is 52.0 Å². The zero-order chi connectivity index (χ0) is 14.9. The van der Waals surface area contributed by atoms with E-state index in [4.69, 9.17) is 0 Å². The van der Waals surface area contributed by atoms with E-state index in [0.717, 1.165) is 12.1 Å². The number of hydrogen-bond donors (Lipinski definition) is 3. The van der Waals surface area contributed by atoms with Gasteiger partial charge in [0.25, 0.3) is 0 Å². The van der Waals surface area contributed by atoms with E-state index in [2.05, 4.69) is 21.2 Å². The summed E-state index contributed by atoms with van der Waals surface area (Å²) >= 11 is 3.09. The van der Waals surface area contributed by atoms with Crippen molar-refractivity contribution in [3.8, 4) is 11.5 Å². The number of nitrogens with one attached hydrogen (secondary N) is 1. The fourth-order valence-electron chi connectivity index (χ4n) is 1.85. The van der Waals surface area contributed by atoms with Gasteiger partial charge in [-0.05, 0) is 46.6 Å². The maximum Gasteiger partial charge on any atom is 0.150 e. The van der Waals surface area contributed by atoms with E-state index in [1.54, 1.807) is 6.92 Å². The molecule has 3 N–H and O–H groups in total. The minimum absolute atomic E-state index is 0.0905. The van der Waals surface area contributed by atoms with E-state index >= 15 is 0 Å². The lowest BCUT2D eigenvalue weighted by molar-refractivity contribution is 0.448. The summed E-state index contributed by atoms with van der Waals surface area (Å²) in [5.41, 5.74) is 0.680. The van der Waals surface area contributed by atoms with Crippen LogP contribution in [-0.4, -0.2) is 10.2 Å². The molecule has 0 bridgehead atoms. The number of hydrogen-bond acceptors (Lipinski definition) is 3. The van der Waals surface area contributed by atoms with Crippen molar-refractivity contribution in [1.29, 1.82) is 0 Å². The zero-order valence-electron chi connectivity index (χ0n) is 10.5. The summed E-state index contributed by atoms with van der Waals surface area (Å²) in [6.07, 6.45) is 0. The van der Waals surface area contributed by atoms with E-state index in [1.165, 1.54) is 18.2 Å². The molecule has 0 radical (unpaired) electrons. The molecule has 0 saturated heterocycles. The Morgan fingerprint density at radius 3 is 2.20 bits per heavy atom. The molecule has 2 rings (SSSR count). The van der Waals surface area contributed by atoms with Gasteiger partial charge in [0.05, 0.1) is 5.69 Å². The number of benzene rings is 2. The van der Waals surface area contributed by atoms with Gasteiger partial charge in [0.15, 0.2) is 0 Å². The predicted molar refractivity (Wildman–Crippen MR) is 75.9 cm³/mol. The Kier molecular flexibility index (Phi) is 4.13. The van der Waals surface area contributed by atoms with Crippen LogP contribution >= 0.6 is 15.9 Å². The lowest BCUT2D eigenvalue weighted by atomic mass is 10.1. The molecule has 20 heavy (non-hydrogen) atoms. The summed E-state index contributed by atoms with van der Waals surface area (Å²) in [5, 5.41) is 21.7. The van der Waals surface area contributed by atoms with E-state index in [9.17, 15) is 19.0 Å². The molecule has 0 saturated carbocycles. The topological polar surface area (TPSA) is 52.5 Å². The van der Waals surface area contributed by atoms with Crippen molar-refractivity contribution in [1.82, 2.24) is 0 Å². The van der Waals surface area contributed by atoms with Gasteiger partial charge in [-0.15, -0.1) is 0 Å². The Labute approximate surface area is 123 Å². The second-order valence-electron chi connectivity index (χ2n) is 4.39. The summed E-state index contributed by atoms with van der Waals surface area (Å²) in [7, 11) is 0. The Morgan fingerprint density at radius 1 is 1.05 bits per heavy atom. The van der Waals surface area contributed by atoms with Crippen LogP contribution in [0.4, 0.5) is 14.5 Å². The summed E-state index contributed by atoms with van der Waals surface area (Å²) < 4.78 is 27.0.